The zero-order valence-electron chi connectivity index (χ0n) is 30.6. The van der Waals surface area contributed by atoms with E-state index in [9.17, 15) is 13.6 Å². The molecule has 1 amide bonds. The number of allylic oxidation sites excluding steroid dienone is 9. The van der Waals surface area contributed by atoms with Crippen molar-refractivity contribution in [3.63, 3.8) is 0 Å². The van der Waals surface area contributed by atoms with Crippen LogP contribution < -0.4 is 5.32 Å². The number of hydrazine groups is 1. The highest BCUT2D eigenvalue weighted by Crippen LogP contribution is 2.43. The molecule has 1 saturated heterocycles. The van der Waals surface area contributed by atoms with Gasteiger partial charge in [-0.25, -0.2) is 8.78 Å². The maximum Gasteiger partial charge on any atom is 0.250 e. The number of carbonyl (C=O) groups excluding carboxylic acids is 1. The van der Waals surface area contributed by atoms with Gasteiger partial charge < -0.3 is 15.2 Å². The van der Waals surface area contributed by atoms with Crippen LogP contribution in [0.1, 0.15) is 119 Å². The Labute approximate surface area is 284 Å². The lowest BCUT2D eigenvalue weighted by Gasteiger charge is -2.43. The molecule has 3 rings (SSSR count). The minimum atomic E-state index is -2.66. The third-order valence-electron chi connectivity index (χ3n) is 10.1. The largest absolute Gasteiger partial charge is 0.353 e. The van der Waals surface area contributed by atoms with Crippen LogP contribution in [0.4, 0.5) is 8.78 Å². The number of carbonyl (C=O) groups is 1. The Morgan fingerprint density at radius 2 is 1.91 bits per heavy atom. The summed E-state index contributed by atoms with van der Waals surface area (Å²) in [5.74, 6) is -2.70. The molecule has 2 atom stereocenters. The minimum absolute atomic E-state index is 0.0258. The zero-order chi connectivity index (χ0) is 34.9. The van der Waals surface area contributed by atoms with Crippen molar-refractivity contribution in [1.29, 1.82) is 0 Å². The fourth-order valence-corrected chi connectivity index (χ4v) is 6.57. The van der Waals surface area contributed by atoms with E-state index in [0.29, 0.717) is 24.5 Å². The van der Waals surface area contributed by atoms with Gasteiger partial charge in [-0.3, -0.25) is 4.79 Å². The van der Waals surface area contributed by atoms with Gasteiger partial charge in [0.25, 0.3) is 5.91 Å². The molecule has 5 nitrogen and oxygen atoms in total. The number of rotatable bonds is 17. The van der Waals surface area contributed by atoms with Crippen molar-refractivity contribution >= 4 is 5.91 Å². The number of nitrogens with zero attached hydrogens (tertiary/aromatic N) is 3. The van der Waals surface area contributed by atoms with E-state index in [2.05, 4.69) is 98.6 Å². The van der Waals surface area contributed by atoms with Crippen LogP contribution in [0.15, 0.2) is 83.4 Å². The fraction of sp³-hybridized carbons (Fsp3) is 0.625. The van der Waals surface area contributed by atoms with E-state index in [0.717, 1.165) is 86.5 Å². The normalized spacial score (nSPS) is 22.3. The lowest BCUT2D eigenvalue weighted by atomic mass is 9.90. The van der Waals surface area contributed by atoms with Gasteiger partial charge in [0.15, 0.2) is 0 Å². The predicted molar refractivity (Wildman–Crippen MR) is 193 cm³/mol. The Balaban J connectivity index is 1.82. The predicted octanol–water partition coefficient (Wildman–Crippen LogP) is 10.2. The molecule has 0 aromatic heterocycles. The van der Waals surface area contributed by atoms with Crippen LogP contribution in [0.5, 0.6) is 0 Å². The van der Waals surface area contributed by atoms with Crippen LogP contribution >= 0.6 is 0 Å². The number of hydrogen-bond donors (Lipinski definition) is 1. The first kappa shape index (κ1) is 38.5. The molecule has 47 heavy (non-hydrogen) atoms. The molecule has 262 valence electrons. The van der Waals surface area contributed by atoms with Gasteiger partial charge in [-0.2, -0.15) is 5.01 Å². The molecular weight excluding hydrogens is 590 g/mol. The summed E-state index contributed by atoms with van der Waals surface area (Å²) in [6.45, 7) is 23.3. The van der Waals surface area contributed by atoms with Gasteiger partial charge >= 0.3 is 0 Å². The molecule has 0 aromatic rings. The Bertz CT molecular complexity index is 1280. The van der Waals surface area contributed by atoms with Gasteiger partial charge in [0, 0.05) is 48.9 Å². The molecule has 1 unspecified atom stereocenters. The highest BCUT2D eigenvalue weighted by atomic mass is 19.3. The summed E-state index contributed by atoms with van der Waals surface area (Å²) in [4.78, 5) is 16.1. The quantitative estimate of drug-likeness (QED) is 0.125. The molecule has 7 heteroatoms. The van der Waals surface area contributed by atoms with Gasteiger partial charge in [0.1, 0.15) is 6.17 Å². The molecule has 2 heterocycles. The van der Waals surface area contributed by atoms with E-state index < -0.39 is 5.92 Å². The lowest BCUT2D eigenvalue weighted by Crippen LogP contribution is -2.53. The number of amides is 1. The van der Waals surface area contributed by atoms with Crippen LogP contribution in [0, 0.1) is 11.3 Å². The monoisotopic (exact) mass is 652 g/mol. The number of likely N-dealkylation sites (tertiary alicyclic amines) is 1. The van der Waals surface area contributed by atoms with Crippen molar-refractivity contribution in [3.8, 4) is 0 Å². The van der Waals surface area contributed by atoms with E-state index in [1.165, 1.54) is 6.42 Å². The summed E-state index contributed by atoms with van der Waals surface area (Å²) >= 11 is 0. The third kappa shape index (κ3) is 10.5. The van der Waals surface area contributed by atoms with Crippen molar-refractivity contribution < 1.29 is 13.6 Å². The molecule has 0 radical (unpaired) electrons. The molecule has 2 fully saturated rings. The second-order valence-electron chi connectivity index (χ2n) is 14.6. The third-order valence-corrected chi connectivity index (χ3v) is 10.1. The van der Waals surface area contributed by atoms with E-state index in [-0.39, 0.29) is 29.8 Å². The molecule has 1 saturated carbocycles. The topological polar surface area (TPSA) is 38.8 Å². The van der Waals surface area contributed by atoms with E-state index in [4.69, 9.17) is 0 Å². The van der Waals surface area contributed by atoms with Crippen molar-refractivity contribution in [2.24, 2.45) is 11.3 Å². The van der Waals surface area contributed by atoms with Crippen molar-refractivity contribution in [3.05, 3.63) is 83.4 Å². The summed E-state index contributed by atoms with van der Waals surface area (Å²) in [7, 11) is 2.12. The van der Waals surface area contributed by atoms with Crippen LogP contribution in [0.2, 0.25) is 0 Å². The van der Waals surface area contributed by atoms with E-state index in [1.807, 2.05) is 19.9 Å². The summed E-state index contributed by atoms with van der Waals surface area (Å²) in [6, 6.07) is 0.464. The molecule has 1 aliphatic carbocycles. The van der Waals surface area contributed by atoms with Crippen molar-refractivity contribution in [1.82, 2.24) is 20.2 Å². The van der Waals surface area contributed by atoms with E-state index in [1.54, 1.807) is 0 Å². The van der Waals surface area contributed by atoms with Crippen LogP contribution in [0.25, 0.3) is 0 Å². The number of hydrogen-bond acceptors (Lipinski definition) is 4. The Morgan fingerprint density at radius 1 is 1.21 bits per heavy atom. The maximum atomic E-state index is 13.7. The van der Waals surface area contributed by atoms with Gasteiger partial charge in [0.05, 0.1) is 5.70 Å². The first-order valence-electron chi connectivity index (χ1n) is 17.9. The molecule has 2 aliphatic heterocycles. The van der Waals surface area contributed by atoms with Gasteiger partial charge in [-0.05, 0) is 88.7 Å². The van der Waals surface area contributed by atoms with Gasteiger partial charge in [-0.1, -0.05) is 90.2 Å². The zero-order valence-corrected chi connectivity index (χ0v) is 30.6. The van der Waals surface area contributed by atoms with Gasteiger partial charge in [0.2, 0.25) is 5.92 Å². The highest BCUT2D eigenvalue weighted by Gasteiger charge is 2.45. The summed E-state index contributed by atoms with van der Waals surface area (Å²) < 4.78 is 27.2. The average molecular weight is 653 g/mol. The fourth-order valence-electron chi connectivity index (χ4n) is 6.57. The number of nitrogens with one attached hydrogen (secondary N) is 1. The molecule has 3 aliphatic rings. The first-order valence-corrected chi connectivity index (χ1v) is 17.9. The highest BCUT2D eigenvalue weighted by molar-refractivity contribution is 5.94. The van der Waals surface area contributed by atoms with Crippen LogP contribution in [0.3, 0.4) is 0 Å². The summed E-state index contributed by atoms with van der Waals surface area (Å²) in [5, 5.41) is 7.86. The Kier molecular flexibility index (Phi) is 13.9. The molecule has 0 bridgehead atoms. The first-order chi connectivity index (χ1) is 22.1. The molecule has 0 aromatic carbocycles. The Morgan fingerprint density at radius 3 is 2.45 bits per heavy atom. The second-order valence-corrected chi connectivity index (χ2v) is 14.6. The molecular formula is C40H62F2N4O. The minimum Gasteiger partial charge on any atom is -0.353 e. The second kappa shape index (κ2) is 16.9. The standard InChI is InChI=1S/C40H62F2N4O/c1-11-15-29(4)27-34(22-20-32(13-3)23-24-40(9,41)42)33(16-12-2)21-19-30(5)37(47)43-36-28-46(35-17-14-18-35)44(10)38(36)45-26-25-39(7,8)31(45)6/h16,19-20,22,27-28,32,35,38H,4,6,11-15,17-18,21,23-26H2,1-3,5,7-10H3,(H,43,47)/b22-20-,30-19+,33-16+,34-27+/t32-,38?/m1/s1. The molecule has 1 N–H and O–H groups in total. The van der Waals surface area contributed by atoms with Crippen molar-refractivity contribution in [2.75, 3.05) is 13.6 Å². The number of alkyl halides is 2. The number of likely N-dealkylation sites (N-methyl/N-ethyl adjacent to an activating group) is 1. The van der Waals surface area contributed by atoms with Crippen LogP contribution in [-0.4, -0.2) is 52.5 Å². The smallest absolute Gasteiger partial charge is 0.250 e. The van der Waals surface area contributed by atoms with Crippen LogP contribution in [-0.2, 0) is 4.79 Å². The summed E-state index contributed by atoms with van der Waals surface area (Å²) in [5.41, 5.74) is 5.85. The van der Waals surface area contributed by atoms with Crippen molar-refractivity contribution in [2.45, 2.75) is 137 Å². The maximum absolute atomic E-state index is 13.7. The lowest BCUT2D eigenvalue weighted by molar-refractivity contribution is -0.117. The molecule has 0 spiro atoms. The van der Waals surface area contributed by atoms with Gasteiger partial charge in [-0.15, -0.1) is 0 Å². The SMILES string of the molecule is C=C(/C=C(\C=C/[C@@H](CC)CCC(C)(F)F)C(=C/CC)/C/C=C(\C)C(=O)NC1=CN(C2CCC2)N(C)C1N1CCC(C)(C)C1=C)CCC. The van der Waals surface area contributed by atoms with E-state index >= 15 is 0 Å². The Hall–Kier alpha value is -2.93. The number of halogens is 2. The summed E-state index contributed by atoms with van der Waals surface area (Å²) in [6.07, 6.45) is 21.5. The average Bonchev–Trinajstić information content (AvgIpc) is 3.41.